The van der Waals surface area contributed by atoms with Crippen molar-refractivity contribution in [2.24, 2.45) is 5.10 Å². The molecule has 0 bridgehead atoms. The monoisotopic (exact) mass is 334 g/mol. The van der Waals surface area contributed by atoms with Crippen molar-refractivity contribution in [2.45, 2.75) is 20.0 Å². The van der Waals surface area contributed by atoms with Crippen molar-refractivity contribution in [3.05, 3.63) is 35.2 Å². The zero-order valence-electron chi connectivity index (χ0n) is 12.9. The van der Waals surface area contributed by atoms with Gasteiger partial charge in [0.15, 0.2) is 6.61 Å². The first-order chi connectivity index (χ1) is 11.0. The number of hydrogen-bond donors (Lipinski definition) is 2. The third-order valence-corrected chi connectivity index (χ3v) is 3.26. The molecule has 2 rings (SSSR count). The molecule has 0 atom stereocenters. The van der Waals surface area contributed by atoms with Crippen LogP contribution in [0.2, 0.25) is 0 Å². The summed E-state index contributed by atoms with van der Waals surface area (Å²) in [7, 11) is 0. The van der Waals surface area contributed by atoms with Crippen LogP contribution in [0.15, 0.2) is 34.7 Å². The highest BCUT2D eigenvalue weighted by Gasteiger charge is 2.06. The van der Waals surface area contributed by atoms with Crippen LogP contribution < -0.4 is 15.9 Å². The van der Waals surface area contributed by atoms with Crippen molar-refractivity contribution in [3.63, 3.8) is 0 Å². The standard InChI is InChI=1S/C15H18N4O3S/c1-10(2)22-14(20)8-21-12-5-3-11(4-6-12)7-17-19-15-18-13(16)9-23-15/h3-7,9-10H,8,16H2,1-2H3,(H,18,19). The number of hydrazone groups is 1. The molecular formula is C15H18N4O3S. The molecule has 0 amide bonds. The number of esters is 1. The summed E-state index contributed by atoms with van der Waals surface area (Å²) in [6, 6.07) is 7.16. The number of nitrogens with two attached hydrogens (primary N) is 1. The average Bonchev–Trinajstić information content (AvgIpc) is 2.91. The van der Waals surface area contributed by atoms with Crippen LogP contribution in [-0.4, -0.2) is 29.9 Å². The molecule has 0 spiro atoms. The Kier molecular flexibility index (Phi) is 5.93. The number of anilines is 2. The fraction of sp³-hybridized carbons (Fsp3) is 0.267. The molecule has 2 aromatic rings. The minimum absolute atomic E-state index is 0.112. The van der Waals surface area contributed by atoms with Gasteiger partial charge in [0.1, 0.15) is 11.6 Å². The van der Waals surface area contributed by atoms with Crippen molar-refractivity contribution >= 4 is 34.5 Å². The largest absolute Gasteiger partial charge is 0.482 e. The highest BCUT2D eigenvalue weighted by Crippen LogP contribution is 2.16. The van der Waals surface area contributed by atoms with E-state index in [0.717, 1.165) is 5.56 Å². The predicted octanol–water partition coefficient (Wildman–Crippen LogP) is 2.50. The SMILES string of the molecule is CC(C)OC(=O)COc1ccc(C=NNc2nc(N)cs2)cc1. The number of thiazole rings is 1. The summed E-state index contributed by atoms with van der Waals surface area (Å²) >= 11 is 1.38. The van der Waals surface area contributed by atoms with E-state index in [1.807, 2.05) is 12.1 Å². The van der Waals surface area contributed by atoms with Crippen LogP contribution in [0.5, 0.6) is 5.75 Å². The zero-order valence-corrected chi connectivity index (χ0v) is 13.7. The number of carbonyl (C=O) groups excluding carboxylic acids is 1. The average molecular weight is 334 g/mol. The van der Waals surface area contributed by atoms with Crippen LogP contribution in [0.4, 0.5) is 10.9 Å². The number of nitrogens with one attached hydrogen (secondary N) is 1. The van der Waals surface area contributed by atoms with Crippen molar-refractivity contribution < 1.29 is 14.3 Å². The number of nitrogen functional groups attached to an aromatic ring is 1. The summed E-state index contributed by atoms with van der Waals surface area (Å²) in [5.41, 5.74) is 9.18. The van der Waals surface area contributed by atoms with Gasteiger partial charge in [-0.15, -0.1) is 11.3 Å². The normalized spacial score (nSPS) is 10.9. The number of ether oxygens (including phenoxy) is 2. The lowest BCUT2D eigenvalue weighted by atomic mass is 10.2. The van der Waals surface area contributed by atoms with E-state index in [1.165, 1.54) is 11.3 Å². The minimum Gasteiger partial charge on any atom is -0.482 e. The molecule has 0 radical (unpaired) electrons. The smallest absolute Gasteiger partial charge is 0.344 e. The van der Waals surface area contributed by atoms with E-state index >= 15 is 0 Å². The Hall–Kier alpha value is -2.61. The van der Waals surface area contributed by atoms with Crippen LogP contribution in [0.1, 0.15) is 19.4 Å². The van der Waals surface area contributed by atoms with Crippen LogP contribution >= 0.6 is 11.3 Å². The maximum atomic E-state index is 11.4. The molecule has 0 unspecified atom stereocenters. The van der Waals surface area contributed by atoms with Crippen molar-refractivity contribution in [2.75, 3.05) is 17.8 Å². The summed E-state index contributed by atoms with van der Waals surface area (Å²) in [6.45, 7) is 3.47. The lowest BCUT2D eigenvalue weighted by Crippen LogP contribution is -2.18. The highest BCUT2D eigenvalue weighted by molar-refractivity contribution is 7.14. The Morgan fingerprint density at radius 1 is 1.43 bits per heavy atom. The Balaban J connectivity index is 1.81. The molecule has 1 aromatic carbocycles. The number of carbonyl (C=O) groups is 1. The van der Waals surface area contributed by atoms with Gasteiger partial charge in [-0.2, -0.15) is 5.10 Å². The lowest BCUT2D eigenvalue weighted by Gasteiger charge is -2.09. The number of rotatable bonds is 7. The molecule has 7 nitrogen and oxygen atoms in total. The van der Waals surface area contributed by atoms with Gasteiger partial charge < -0.3 is 15.2 Å². The Morgan fingerprint density at radius 3 is 2.78 bits per heavy atom. The van der Waals surface area contributed by atoms with Crippen molar-refractivity contribution in [1.82, 2.24) is 4.98 Å². The Bertz CT molecular complexity index is 668. The molecule has 0 aliphatic carbocycles. The van der Waals surface area contributed by atoms with Crippen molar-refractivity contribution in [3.8, 4) is 5.75 Å². The van der Waals surface area contributed by atoms with E-state index in [9.17, 15) is 4.79 Å². The van der Waals surface area contributed by atoms with E-state index in [-0.39, 0.29) is 12.7 Å². The second-order valence-corrected chi connectivity index (χ2v) is 5.70. The van der Waals surface area contributed by atoms with E-state index in [4.69, 9.17) is 15.2 Å². The predicted molar refractivity (Wildman–Crippen MR) is 90.9 cm³/mol. The Morgan fingerprint density at radius 2 is 2.17 bits per heavy atom. The van der Waals surface area contributed by atoms with Gasteiger partial charge in [0, 0.05) is 5.38 Å². The number of nitrogens with zero attached hydrogens (tertiary/aromatic N) is 2. The van der Waals surface area contributed by atoms with Gasteiger partial charge >= 0.3 is 5.97 Å². The van der Waals surface area contributed by atoms with Gasteiger partial charge in [-0.1, -0.05) is 0 Å². The first-order valence-corrected chi connectivity index (χ1v) is 7.83. The minimum atomic E-state index is -0.391. The van der Waals surface area contributed by atoms with Crippen LogP contribution in [0, 0.1) is 0 Å². The molecule has 0 saturated carbocycles. The van der Waals surface area contributed by atoms with Crippen molar-refractivity contribution in [1.29, 1.82) is 0 Å². The summed E-state index contributed by atoms with van der Waals surface area (Å²) in [4.78, 5) is 15.4. The van der Waals surface area contributed by atoms with E-state index in [1.54, 1.807) is 37.6 Å². The molecule has 0 fully saturated rings. The lowest BCUT2D eigenvalue weighted by molar-refractivity contribution is -0.149. The molecule has 3 N–H and O–H groups in total. The molecule has 8 heteroatoms. The molecule has 1 heterocycles. The molecule has 23 heavy (non-hydrogen) atoms. The van der Waals surface area contributed by atoms with Gasteiger partial charge in [0.2, 0.25) is 5.13 Å². The summed E-state index contributed by atoms with van der Waals surface area (Å²) in [5, 5.41) is 6.42. The molecule has 122 valence electrons. The molecule has 1 aromatic heterocycles. The summed E-state index contributed by atoms with van der Waals surface area (Å²) in [6.07, 6.45) is 1.50. The first-order valence-electron chi connectivity index (χ1n) is 6.95. The Labute approximate surface area is 138 Å². The van der Waals surface area contributed by atoms with Crippen LogP contribution in [0.3, 0.4) is 0 Å². The molecular weight excluding hydrogens is 316 g/mol. The second kappa shape index (κ2) is 8.14. The molecule has 0 aliphatic rings. The number of benzene rings is 1. The highest BCUT2D eigenvalue weighted by atomic mass is 32.1. The van der Waals surface area contributed by atoms with Crippen LogP contribution in [0.25, 0.3) is 0 Å². The third kappa shape index (κ3) is 5.95. The van der Waals surface area contributed by atoms with Gasteiger partial charge in [-0.3, -0.25) is 5.43 Å². The van der Waals surface area contributed by atoms with Gasteiger partial charge in [-0.25, -0.2) is 9.78 Å². The van der Waals surface area contributed by atoms with Gasteiger partial charge in [-0.05, 0) is 43.7 Å². The van der Waals surface area contributed by atoms with Gasteiger partial charge in [0.25, 0.3) is 0 Å². The van der Waals surface area contributed by atoms with Gasteiger partial charge in [0.05, 0.1) is 12.3 Å². The quantitative estimate of drug-likeness (QED) is 0.458. The topological polar surface area (TPSA) is 98.8 Å². The maximum Gasteiger partial charge on any atom is 0.344 e. The molecule has 0 saturated heterocycles. The van der Waals surface area contributed by atoms with E-state index in [2.05, 4.69) is 15.5 Å². The third-order valence-electron chi connectivity index (χ3n) is 2.50. The van der Waals surface area contributed by atoms with Crippen LogP contribution in [-0.2, 0) is 9.53 Å². The fourth-order valence-corrected chi connectivity index (χ4v) is 2.14. The summed E-state index contributed by atoms with van der Waals surface area (Å²) in [5.74, 6) is 0.659. The summed E-state index contributed by atoms with van der Waals surface area (Å²) < 4.78 is 10.3. The first kappa shape index (κ1) is 16.8. The van der Waals surface area contributed by atoms with E-state index in [0.29, 0.717) is 16.7 Å². The second-order valence-electron chi connectivity index (χ2n) is 4.84. The maximum absolute atomic E-state index is 11.4. The van der Waals surface area contributed by atoms with E-state index < -0.39 is 5.97 Å². The molecule has 0 aliphatic heterocycles. The zero-order chi connectivity index (χ0) is 16.7. The fourth-order valence-electron chi connectivity index (χ4n) is 1.59. The number of aromatic nitrogens is 1. The number of hydrogen-bond acceptors (Lipinski definition) is 8.